The molecule has 0 aromatic heterocycles. The zero-order valence-corrected chi connectivity index (χ0v) is 24.9. The van der Waals surface area contributed by atoms with Gasteiger partial charge in [-0.1, -0.05) is 44.8 Å². The lowest BCUT2D eigenvalue weighted by molar-refractivity contribution is -0.191. The Balaban J connectivity index is 1.49. The number of rotatable bonds is 9. The molecule has 5 rings (SSSR count). The van der Waals surface area contributed by atoms with Gasteiger partial charge in [0.25, 0.3) is 0 Å². The van der Waals surface area contributed by atoms with E-state index in [1.165, 1.54) is 0 Å². The molecule has 2 saturated carbocycles. The van der Waals surface area contributed by atoms with Crippen LogP contribution in [-0.2, 0) is 19.1 Å². The quantitative estimate of drug-likeness (QED) is 0.200. The second-order valence-electron chi connectivity index (χ2n) is 11.9. The number of hydrogen-bond acceptors (Lipinski definition) is 7. The van der Waals surface area contributed by atoms with E-state index in [2.05, 4.69) is 41.0 Å². The van der Waals surface area contributed by atoms with Gasteiger partial charge in [0.1, 0.15) is 5.75 Å². The third-order valence-electron chi connectivity index (χ3n) is 8.22. The lowest BCUT2D eigenvalue weighted by Gasteiger charge is -2.63. The summed E-state index contributed by atoms with van der Waals surface area (Å²) in [6.07, 6.45) is 1.28. The highest BCUT2D eigenvalue weighted by atomic mass is 79.9. The number of hydrazone groups is 1. The van der Waals surface area contributed by atoms with Crippen molar-refractivity contribution in [1.29, 1.82) is 0 Å². The fourth-order valence-corrected chi connectivity index (χ4v) is 7.62. The Hall–Kier alpha value is -2.65. The molecule has 1 spiro atoms. The molecule has 7 nitrogen and oxygen atoms in total. The van der Waals surface area contributed by atoms with Crippen LogP contribution in [0.1, 0.15) is 42.7 Å². The summed E-state index contributed by atoms with van der Waals surface area (Å²) in [5.74, 6) is -2.08. The Bertz CT molecular complexity index is 1290. The highest BCUT2D eigenvalue weighted by Crippen LogP contribution is 2.79. The van der Waals surface area contributed by atoms with Crippen LogP contribution in [0.15, 0.2) is 52.0 Å². The second kappa shape index (κ2) is 10.1. The standard InChI is InChI=1S/C29H35BrN2O5Si/c1-5-12-36-28(35)26-23(27(34)37-13-14-38(2,3)4)25-18-11-10-17(33)15-19(18)24-22(16-29(24,25)26)32-31-21-9-7-6-8-20(21)30/h6-11,15,23-26,31,33H,5,12-14,16H2,1-4H3/b32-22+/t23-,24-,25?,26-,29?/m1/s1. The number of phenolic OH excluding ortho intramolecular Hbond substituents is 1. The van der Waals surface area contributed by atoms with E-state index in [1.807, 2.05) is 37.3 Å². The molecule has 3 aliphatic rings. The van der Waals surface area contributed by atoms with Gasteiger partial charge in [-0.2, -0.15) is 5.10 Å². The van der Waals surface area contributed by atoms with Gasteiger partial charge in [0, 0.05) is 35.5 Å². The van der Waals surface area contributed by atoms with Crippen LogP contribution in [-0.4, -0.2) is 44.0 Å². The molecule has 2 fully saturated rings. The number of hydrogen-bond donors (Lipinski definition) is 2. The molecule has 5 atom stereocenters. The van der Waals surface area contributed by atoms with Crippen molar-refractivity contribution in [3.05, 3.63) is 58.1 Å². The summed E-state index contributed by atoms with van der Waals surface area (Å²) < 4.78 is 12.3. The predicted molar refractivity (Wildman–Crippen MR) is 153 cm³/mol. The van der Waals surface area contributed by atoms with E-state index < -0.39 is 25.3 Å². The largest absolute Gasteiger partial charge is 0.508 e. The van der Waals surface area contributed by atoms with Crippen LogP contribution in [0.25, 0.3) is 0 Å². The van der Waals surface area contributed by atoms with Gasteiger partial charge in [-0.3, -0.25) is 15.0 Å². The second-order valence-corrected chi connectivity index (χ2v) is 18.3. The van der Waals surface area contributed by atoms with E-state index in [0.717, 1.165) is 33.0 Å². The summed E-state index contributed by atoms with van der Waals surface area (Å²) in [4.78, 5) is 27.0. The third-order valence-corrected chi connectivity index (χ3v) is 10.6. The first-order valence-corrected chi connectivity index (χ1v) is 17.8. The molecule has 2 N–H and O–H groups in total. The van der Waals surface area contributed by atoms with Gasteiger partial charge in [-0.25, -0.2) is 0 Å². The Morgan fingerprint density at radius 1 is 1.11 bits per heavy atom. The van der Waals surface area contributed by atoms with E-state index in [9.17, 15) is 14.7 Å². The molecule has 2 unspecified atom stereocenters. The monoisotopic (exact) mass is 598 g/mol. The maximum Gasteiger partial charge on any atom is 0.310 e. The van der Waals surface area contributed by atoms with Crippen molar-refractivity contribution in [3.8, 4) is 5.75 Å². The number of nitrogens with one attached hydrogen (secondary N) is 1. The molecule has 0 heterocycles. The van der Waals surface area contributed by atoms with Crippen LogP contribution < -0.4 is 5.43 Å². The first-order valence-electron chi connectivity index (χ1n) is 13.3. The molecule has 2 aromatic carbocycles. The van der Waals surface area contributed by atoms with Crippen molar-refractivity contribution in [2.24, 2.45) is 22.4 Å². The third kappa shape index (κ3) is 4.47. The number of nitrogens with zero attached hydrogens (tertiary/aromatic N) is 1. The van der Waals surface area contributed by atoms with Crippen LogP contribution in [0.5, 0.6) is 5.75 Å². The molecular weight excluding hydrogens is 564 g/mol. The maximum absolute atomic E-state index is 13.5. The first-order chi connectivity index (χ1) is 18.1. The van der Waals surface area contributed by atoms with Crippen molar-refractivity contribution in [3.63, 3.8) is 0 Å². The summed E-state index contributed by atoms with van der Waals surface area (Å²) in [5, 5.41) is 15.1. The van der Waals surface area contributed by atoms with Crippen molar-refractivity contribution < 1.29 is 24.2 Å². The predicted octanol–water partition coefficient (Wildman–Crippen LogP) is 6.27. The molecule has 0 radical (unpaired) electrons. The fraction of sp³-hybridized carbons (Fsp3) is 0.483. The number of carbonyl (C=O) groups is 2. The summed E-state index contributed by atoms with van der Waals surface area (Å²) >= 11 is 3.54. The van der Waals surface area contributed by atoms with Crippen molar-refractivity contribution in [2.45, 2.75) is 57.3 Å². The van der Waals surface area contributed by atoms with Gasteiger partial charge < -0.3 is 14.6 Å². The van der Waals surface area contributed by atoms with Crippen LogP contribution in [0, 0.1) is 17.3 Å². The Morgan fingerprint density at radius 3 is 2.55 bits per heavy atom. The van der Waals surface area contributed by atoms with Crippen LogP contribution >= 0.6 is 15.9 Å². The van der Waals surface area contributed by atoms with E-state index in [-0.39, 0.29) is 29.5 Å². The fourth-order valence-electron chi connectivity index (χ4n) is 6.53. The van der Waals surface area contributed by atoms with E-state index in [4.69, 9.17) is 14.6 Å². The van der Waals surface area contributed by atoms with E-state index in [1.54, 1.807) is 12.1 Å². The Labute approximate surface area is 233 Å². The molecule has 0 amide bonds. The van der Waals surface area contributed by atoms with Crippen molar-refractivity contribution in [1.82, 2.24) is 0 Å². The van der Waals surface area contributed by atoms with E-state index >= 15 is 0 Å². The number of phenols is 1. The number of benzene rings is 2. The maximum atomic E-state index is 13.5. The van der Waals surface area contributed by atoms with Gasteiger partial charge in [0.2, 0.25) is 0 Å². The molecule has 0 bridgehead atoms. The number of halogens is 1. The number of anilines is 1. The average molecular weight is 600 g/mol. The number of para-hydroxylation sites is 1. The lowest BCUT2D eigenvalue weighted by Crippen LogP contribution is -2.67. The number of carbonyl (C=O) groups excluding carboxylic acids is 2. The molecule has 0 saturated heterocycles. The van der Waals surface area contributed by atoms with Crippen LogP contribution in [0.3, 0.4) is 0 Å². The zero-order chi connectivity index (χ0) is 27.2. The molecule has 202 valence electrons. The molecular formula is C29H35BrN2O5Si. The SMILES string of the molecule is CCCOC(=O)[C@H]1[C@H](C(=O)OCC[Si](C)(C)C)C2c3ccc(O)cc3[C@@H]3/C(=N/Nc4ccccc4Br)CC231. The minimum atomic E-state index is -1.39. The van der Waals surface area contributed by atoms with Gasteiger partial charge in [-0.05, 0) is 70.2 Å². The molecule has 0 aliphatic heterocycles. The van der Waals surface area contributed by atoms with Gasteiger partial charge in [0.15, 0.2) is 0 Å². The van der Waals surface area contributed by atoms with Crippen LogP contribution in [0.4, 0.5) is 5.69 Å². The Morgan fingerprint density at radius 2 is 1.84 bits per heavy atom. The number of aromatic hydroxyl groups is 1. The van der Waals surface area contributed by atoms with Crippen molar-refractivity contribution >= 4 is 47.3 Å². The summed E-state index contributed by atoms with van der Waals surface area (Å²) in [6.45, 7) is 9.37. The summed E-state index contributed by atoms with van der Waals surface area (Å²) in [5.41, 5.74) is 6.31. The minimum Gasteiger partial charge on any atom is -0.508 e. The minimum absolute atomic E-state index is 0.157. The molecule has 38 heavy (non-hydrogen) atoms. The highest BCUT2D eigenvalue weighted by Gasteiger charge is 2.79. The highest BCUT2D eigenvalue weighted by molar-refractivity contribution is 9.10. The number of ether oxygens (including phenoxy) is 2. The summed E-state index contributed by atoms with van der Waals surface area (Å²) in [7, 11) is -1.39. The number of esters is 2. The van der Waals surface area contributed by atoms with Gasteiger partial charge in [0.05, 0.1) is 30.7 Å². The topological polar surface area (TPSA) is 97.2 Å². The average Bonchev–Trinajstić information content (AvgIpc) is 2.99. The normalized spacial score (nSPS) is 27.9. The van der Waals surface area contributed by atoms with Crippen LogP contribution in [0.2, 0.25) is 25.7 Å². The number of fused-ring (bicyclic) bond motifs is 3. The zero-order valence-electron chi connectivity index (χ0n) is 22.3. The molecule has 2 aromatic rings. The Kier molecular flexibility index (Phi) is 7.19. The van der Waals surface area contributed by atoms with Crippen molar-refractivity contribution in [2.75, 3.05) is 18.6 Å². The van der Waals surface area contributed by atoms with Gasteiger partial charge in [-0.15, -0.1) is 0 Å². The molecule has 9 heteroatoms. The van der Waals surface area contributed by atoms with Gasteiger partial charge >= 0.3 is 11.9 Å². The smallest absolute Gasteiger partial charge is 0.310 e. The molecule has 3 aliphatic carbocycles. The first kappa shape index (κ1) is 26.9. The van der Waals surface area contributed by atoms with E-state index in [0.29, 0.717) is 26.1 Å². The summed E-state index contributed by atoms with van der Waals surface area (Å²) in [6, 6.07) is 13.9. The lowest BCUT2D eigenvalue weighted by atomic mass is 9.37.